The van der Waals surface area contributed by atoms with Crippen molar-refractivity contribution < 1.29 is 4.74 Å². The fourth-order valence-corrected chi connectivity index (χ4v) is 1.84. The second-order valence-electron chi connectivity index (χ2n) is 4.17. The maximum atomic E-state index is 5.09. The van der Waals surface area contributed by atoms with Crippen molar-refractivity contribution in [2.75, 3.05) is 19.0 Å². The van der Waals surface area contributed by atoms with Crippen molar-refractivity contribution in [2.45, 2.75) is 13.3 Å². The van der Waals surface area contributed by atoms with Gasteiger partial charge in [-0.3, -0.25) is 0 Å². The molecule has 0 aliphatic heterocycles. The largest absolute Gasteiger partial charge is 0.481 e. The highest BCUT2D eigenvalue weighted by molar-refractivity contribution is 5.37. The predicted octanol–water partition coefficient (Wildman–Crippen LogP) is 3.05. The van der Waals surface area contributed by atoms with Crippen LogP contribution in [-0.4, -0.2) is 18.6 Å². The van der Waals surface area contributed by atoms with E-state index >= 15 is 0 Å². The van der Waals surface area contributed by atoms with Crippen LogP contribution in [-0.2, 0) is 6.42 Å². The Labute approximate surface area is 108 Å². The molecule has 0 saturated carbocycles. The Bertz CT molecular complexity index is 511. The number of benzene rings is 1. The standard InChI is InChI=1S/C15H18N2O/c1-12-6-3-4-7-13(12)10-11-16-14-8-5-9-15(17-14)18-2/h3-9H,10-11H2,1-2H3,(H,16,17). The lowest BCUT2D eigenvalue weighted by Gasteiger charge is -2.08. The van der Waals surface area contributed by atoms with Gasteiger partial charge >= 0.3 is 0 Å². The molecular formula is C15H18N2O. The van der Waals surface area contributed by atoms with E-state index in [4.69, 9.17) is 4.74 Å². The maximum absolute atomic E-state index is 5.09. The molecule has 0 radical (unpaired) electrons. The molecule has 0 atom stereocenters. The van der Waals surface area contributed by atoms with E-state index < -0.39 is 0 Å². The van der Waals surface area contributed by atoms with Crippen molar-refractivity contribution in [1.29, 1.82) is 0 Å². The van der Waals surface area contributed by atoms with Crippen LogP contribution in [0.2, 0.25) is 0 Å². The summed E-state index contributed by atoms with van der Waals surface area (Å²) >= 11 is 0. The van der Waals surface area contributed by atoms with Crippen molar-refractivity contribution in [2.24, 2.45) is 0 Å². The van der Waals surface area contributed by atoms with Crippen molar-refractivity contribution in [1.82, 2.24) is 4.98 Å². The molecule has 18 heavy (non-hydrogen) atoms. The first-order valence-electron chi connectivity index (χ1n) is 6.09. The lowest BCUT2D eigenvalue weighted by atomic mass is 10.1. The zero-order valence-electron chi connectivity index (χ0n) is 10.8. The molecule has 1 N–H and O–H groups in total. The Hall–Kier alpha value is -2.03. The number of nitrogens with zero attached hydrogens (tertiary/aromatic N) is 1. The number of anilines is 1. The smallest absolute Gasteiger partial charge is 0.214 e. The van der Waals surface area contributed by atoms with Crippen LogP contribution in [0, 0.1) is 6.92 Å². The average Bonchev–Trinajstić information content (AvgIpc) is 2.41. The lowest BCUT2D eigenvalue weighted by Crippen LogP contribution is -2.07. The minimum Gasteiger partial charge on any atom is -0.481 e. The number of hydrogen-bond acceptors (Lipinski definition) is 3. The molecule has 0 amide bonds. The summed E-state index contributed by atoms with van der Waals surface area (Å²) < 4.78 is 5.09. The number of aryl methyl sites for hydroxylation is 1. The van der Waals surface area contributed by atoms with Crippen LogP contribution in [0.1, 0.15) is 11.1 Å². The molecule has 0 unspecified atom stereocenters. The highest BCUT2D eigenvalue weighted by Gasteiger charge is 1.99. The van der Waals surface area contributed by atoms with Gasteiger partial charge < -0.3 is 10.1 Å². The molecule has 3 nitrogen and oxygen atoms in total. The zero-order valence-corrected chi connectivity index (χ0v) is 10.8. The van der Waals surface area contributed by atoms with E-state index in [-0.39, 0.29) is 0 Å². The molecular weight excluding hydrogens is 224 g/mol. The first-order chi connectivity index (χ1) is 8.79. The summed E-state index contributed by atoms with van der Waals surface area (Å²) in [6.45, 7) is 3.00. The van der Waals surface area contributed by atoms with E-state index in [9.17, 15) is 0 Å². The van der Waals surface area contributed by atoms with Crippen molar-refractivity contribution in [3.63, 3.8) is 0 Å². The summed E-state index contributed by atoms with van der Waals surface area (Å²) in [6, 6.07) is 14.2. The quantitative estimate of drug-likeness (QED) is 0.875. The van der Waals surface area contributed by atoms with Crippen molar-refractivity contribution in [3.8, 4) is 5.88 Å². The third kappa shape index (κ3) is 3.23. The van der Waals surface area contributed by atoms with Gasteiger partial charge in [0.2, 0.25) is 5.88 Å². The topological polar surface area (TPSA) is 34.1 Å². The third-order valence-electron chi connectivity index (χ3n) is 2.89. The first-order valence-corrected chi connectivity index (χ1v) is 6.09. The molecule has 0 saturated heterocycles. The van der Waals surface area contributed by atoms with E-state index in [2.05, 4.69) is 41.5 Å². The number of methoxy groups -OCH3 is 1. The van der Waals surface area contributed by atoms with Gasteiger partial charge in [0, 0.05) is 12.6 Å². The van der Waals surface area contributed by atoms with Crippen LogP contribution in [0.3, 0.4) is 0 Å². The monoisotopic (exact) mass is 242 g/mol. The van der Waals surface area contributed by atoms with Crippen LogP contribution in [0.25, 0.3) is 0 Å². The fraction of sp³-hybridized carbons (Fsp3) is 0.267. The van der Waals surface area contributed by atoms with Gasteiger partial charge in [0.05, 0.1) is 7.11 Å². The number of aromatic nitrogens is 1. The van der Waals surface area contributed by atoms with Gasteiger partial charge in [-0.15, -0.1) is 0 Å². The molecule has 1 aromatic carbocycles. The van der Waals surface area contributed by atoms with E-state index in [1.165, 1.54) is 11.1 Å². The van der Waals surface area contributed by atoms with Gasteiger partial charge in [0.1, 0.15) is 5.82 Å². The molecule has 0 aliphatic rings. The van der Waals surface area contributed by atoms with Crippen LogP contribution in [0.4, 0.5) is 5.82 Å². The summed E-state index contributed by atoms with van der Waals surface area (Å²) in [7, 11) is 1.62. The highest BCUT2D eigenvalue weighted by atomic mass is 16.5. The van der Waals surface area contributed by atoms with E-state index in [1.54, 1.807) is 7.11 Å². The molecule has 1 aromatic heterocycles. The number of hydrogen-bond donors (Lipinski definition) is 1. The minimum absolute atomic E-state index is 0.635. The van der Waals surface area contributed by atoms with Gasteiger partial charge in [0.25, 0.3) is 0 Å². The highest BCUT2D eigenvalue weighted by Crippen LogP contribution is 2.11. The maximum Gasteiger partial charge on any atom is 0.214 e. The Balaban J connectivity index is 1.90. The molecule has 0 spiro atoms. The number of rotatable bonds is 5. The van der Waals surface area contributed by atoms with Crippen LogP contribution >= 0.6 is 0 Å². The Morgan fingerprint density at radius 3 is 2.72 bits per heavy atom. The normalized spacial score (nSPS) is 10.1. The van der Waals surface area contributed by atoms with Gasteiger partial charge in [-0.25, -0.2) is 0 Å². The zero-order chi connectivity index (χ0) is 12.8. The third-order valence-corrected chi connectivity index (χ3v) is 2.89. The summed E-state index contributed by atoms with van der Waals surface area (Å²) in [6.07, 6.45) is 0.992. The molecule has 0 fully saturated rings. The van der Waals surface area contributed by atoms with Gasteiger partial charge in [-0.2, -0.15) is 4.98 Å². The number of pyridine rings is 1. The first kappa shape index (κ1) is 12.4. The molecule has 2 aromatic rings. The second kappa shape index (κ2) is 6.05. The van der Waals surface area contributed by atoms with E-state index in [0.717, 1.165) is 18.8 Å². The fourth-order valence-electron chi connectivity index (χ4n) is 1.84. The summed E-state index contributed by atoms with van der Waals surface area (Å²) in [4.78, 5) is 4.31. The Morgan fingerprint density at radius 1 is 1.11 bits per heavy atom. The minimum atomic E-state index is 0.635. The molecule has 0 bridgehead atoms. The van der Waals surface area contributed by atoms with Crippen LogP contribution in [0.15, 0.2) is 42.5 Å². The molecule has 1 heterocycles. The van der Waals surface area contributed by atoms with E-state index in [1.807, 2.05) is 18.2 Å². The lowest BCUT2D eigenvalue weighted by molar-refractivity contribution is 0.398. The van der Waals surface area contributed by atoms with Crippen LogP contribution in [0.5, 0.6) is 5.88 Å². The summed E-state index contributed by atoms with van der Waals surface area (Å²) in [5.74, 6) is 1.49. The van der Waals surface area contributed by atoms with Gasteiger partial charge in [-0.1, -0.05) is 30.3 Å². The Morgan fingerprint density at radius 2 is 1.94 bits per heavy atom. The van der Waals surface area contributed by atoms with Gasteiger partial charge in [0.15, 0.2) is 0 Å². The van der Waals surface area contributed by atoms with Crippen LogP contribution < -0.4 is 10.1 Å². The summed E-state index contributed by atoms with van der Waals surface area (Å²) in [5, 5.41) is 3.30. The number of nitrogens with one attached hydrogen (secondary N) is 1. The molecule has 3 heteroatoms. The molecule has 94 valence electrons. The predicted molar refractivity (Wildman–Crippen MR) is 74.2 cm³/mol. The molecule has 2 rings (SSSR count). The SMILES string of the molecule is COc1cccc(NCCc2ccccc2C)n1. The second-order valence-corrected chi connectivity index (χ2v) is 4.17. The van der Waals surface area contributed by atoms with Crippen molar-refractivity contribution >= 4 is 5.82 Å². The Kier molecular flexibility index (Phi) is 4.18. The van der Waals surface area contributed by atoms with Crippen molar-refractivity contribution in [3.05, 3.63) is 53.6 Å². The van der Waals surface area contributed by atoms with Gasteiger partial charge in [-0.05, 0) is 30.5 Å². The van der Waals surface area contributed by atoms with E-state index in [0.29, 0.717) is 5.88 Å². The summed E-state index contributed by atoms with van der Waals surface area (Å²) in [5.41, 5.74) is 2.70. The average molecular weight is 242 g/mol. The molecule has 0 aliphatic carbocycles. The number of ether oxygens (including phenoxy) is 1.